The van der Waals surface area contributed by atoms with E-state index >= 15 is 0 Å². The molecule has 0 spiro atoms. The van der Waals surface area contributed by atoms with Crippen molar-refractivity contribution in [3.05, 3.63) is 69.4 Å². The summed E-state index contributed by atoms with van der Waals surface area (Å²) in [5.74, 6) is -0.202. The molecular weight excluding hydrogens is 456 g/mol. The van der Waals surface area contributed by atoms with E-state index in [9.17, 15) is 9.59 Å². The van der Waals surface area contributed by atoms with Crippen LogP contribution in [-0.4, -0.2) is 28.1 Å². The fraction of sp³-hybridized carbons (Fsp3) is 0.190. The Hall–Kier alpha value is -2.64. The van der Waals surface area contributed by atoms with Gasteiger partial charge < -0.3 is 10.2 Å². The van der Waals surface area contributed by atoms with Gasteiger partial charge in [0.05, 0.1) is 33.9 Å². The number of nitrogens with zero attached hydrogens (tertiary/aromatic N) is 3. The first-order valence-electron chi connectivity index (χ1n) is 9.16. The first-order chi connectivity index (χ1) is 13.9. The van der Waals surface area contributed by atoms with Gasteiger partial charge in [-0.15, -0.1) is 0 Å². The third-order valence-electron chi connectivity index (χ3n) is 4.90. The third kappa shape index (κ3) is 3.93. The second kappa shape index (κ2) is 8.00. The summed E-state index contributed by atoms with van der Waals surface area (Å²) in [4.78, 5) is 26.4. The molecule has 148 valence electrons. The fourth-order valence-electron chi connectivity index (χ4n) is 3.38. The maximum absolute atomic E-state index is 12.8. The molecule has 0 radical (unpaired) electrons. The van der Waals surface area contributed by atoms with Gasteiger partial charge in [-0.2, -0.15) is 5.10 Å². The van der Waals surface area contributed by atoms with Gasteiger partial charge in [-0.25, -0.2) is 4.68 Å². The highest BCUT2D eigenvalue weighted by molar-refractivity contribution is 9.10. The maximum atomic E-state index is 12.8. The average Bonchev–Trinajstić information content (AvgIpc) is 3.28. The molecule has 2 aromatic carbocycles. The molecule has 2 amide bonds. The van der Waals surface area contributed by atoms with Crippen LogP contribution in [0, 0.1) is 6.92 Å². The summed E-state index contributed by atoms with van der Waals surface area (Å²) >= 11 is 9.78. The van der Waals surface area contributed by atoms with E-state index in [0.29, 0.717) is 34.9 Å². The molecule has 4 rings (SSSR count). The zero-order valence-electron chi connectivity index (χ0n) is 15.7. The Morgan fingerprint density at radius 1 is 1.21 bits per heavy atom. The number of rotatable bonds is 4. The number of nitrogens with one attached hydrogen (secondary N) is 1. The van der Waals surface area contributed by atoms with Crippen LogP contribution in [0.4, 0.5) is 11.4 Å². The van der Waals surface area contributed by atoms with E-state index in [4.69, 9.17) is 11.6 Å². The molecule has 0 atom stereocenters. The molecule has 1 aliphatic rings. The predicted octanol–water partition coefficient (Wildman–Crippen LogP) is 4.98. The molecule has 29 heavy (non-hydrogen) atoms. The zero-order valence-corrected chi connectivity index (χ0v) is 18.0. The van der Waals surface area contributed by atoms with Gasteiger partial charge in [-0.1, -0.05) is 27.5 Å². The van der Waals surface area contributed by atoms with E-state index in [-0.39, 0.29) is 11.8 Å². The number of amides is 2. The van der Waals surface area contributed by atoms with Gasteiger partial charge in [-0.3, -0.25) is 9.59 Å². The van der Waals surface area contributed by atoms with Crippen LogP contribution < -0.4 is 10.2 Å². The molecule has 1 N–H and O–H groups in total. The molecule has 1 saturated heterocycles. The Balaban J connectivity index is 1.53. The lowest BCUT2D eigenvalue weighted by atomic mass is 10.2. The van der Waals surface area contributed by atoms with Crippen molar-refractivity contribution in [2.75, 3.05) is 16.8 Å². The lowest BCUT2D eigenvalue weighted by Crippen LogP contribution is -2.24. The van der Waals surface area contributed by atoms with Crippen molar-refractivity contribution in [3.8, 4) is 5.69 Å². The summed E-state index contributed by atoms with van der Waals surface area (Å²) < 4.78 is 2.69. The lowest BCUT2D eigenvalue weighted by Gasteiger charge is -2.18. The molecule has 1 aliphatic heterocycles. The summed E-state index contributed by atoms with van der Waals surface area (Å²) in [6.45, 7) is 2.51. The number of hydrogen-bond donors (Lipinski definition) is 1. The van der Waals surface area contributed by atoms with Gasteiger partial charge in [0.15, 0.2) is 0 Å². The van der Waals surface area contributed by atoms with Gasteiger partial charge in [0.2, 0.25) is 5.91 Å². The van der Waals surface area contributed by atoms with E-state index in [1.54, 1.807) is 34.0 Å². The van der Waals surface area contributed by atoms with E-state index in [2.05, 4.69) is 26.3 Å². The number of carbonyl (C=O) groups excluding carboxylic acids is 2. The van der Waals surface area contributed by atoms with Gasteiger partial charge >= 0.3 is 0 Å². The maximum Gasteiger partial charge on any atom is 0.259 e. The monoisotopic (exact) mass is 472 g/mol. The molecule has 2 heterocycles. The standard InChI is InChI=1S/C21H18BrClN4O2/c1-13-17(12-24-27(13)16-7-4-14(22)5-8-16)21(29)25-15-6-9-19(18(23)11-15)26-10-2-3-20(26)28/h4-9,11-12H,2-3,10H2,1H3,(H,25,29). The molecule has 0 unspecified atom stereocenters. The van der Waals surface area contributed by atoms with E-state index in [1.165, 1.54) is 0 Å². The summed E-state index contributed by atoms with van der Waals surface area (Å²) in [6.07, 6.45) is 2.91. The Morgan fingerprint density at radius 3 is 2.62 bits per heavy atom. The van der Waals surface area contributed by atoms with Crippen LogP contribution in [0.25, 0.3) is 5.69 Å². The minimum atomic E-state index is -0.271. The van der Waals surface area contributed by atoms with Crippen LogP contribution in [-0.2, 0) is 4.79 Å². The summed E-state index contributed by atoms with van der Waals surface area (Å²) in [5.41, 5.74) is 3.31. The van der Waals surface area contributed by atoms with E-state index < -0.39 is 0 Å². The number of benzene rings is 2. The van der Waals surface area contributed by atoms with Gasteiger partial charge in [0, 0.05) is 23.1 Å². The van der Waals surface area contributed by atoms with Crippen LogP contribution in [0.1, 0.15) is 28.9 Å². The largest absolute Gasteiger partial charge is 0.322 e. The number of halogens is 2. The average molecular weight is 474 g/mol. The Labute approximate surface area is 181 Å². The molecule has 0 aliphatic carbocycles. The smallest absolute Gasteiger partial charge is 0.259 e. The molecule has 0 saturated carbocycles. The summed E-state index contributed by atoms with van der Waals surface area (Å²) in [6, 6.07) is 12.9. The molecular formula is C21H18BrClN4O2. The molecule has 8 heteroatoms. The zero-order chi connectivity index (χ0) is 20.5. The van der Waals surface area contributed by atoms with Crippen molar-refractivity contribution in [2.24, 2.45) is 0 Å². The highest BCUT2D eigenvalue weighted by Gasteiger charge is 2.24. The summed E-state index contributed by atoms with van der Waals surface area (Å²) in [7, 11) is 0. The molecule has 3 aromatic rings. The Morgan fingerprint density at radius 2 is 1.97 bits per heavy atom. The SMILES string of the molecule is Cc1c(C(=O)Nc2ccc(N3CCCC3=O)c(Cl)c2)cnn1-c1ccc(Br)cc1. The van der Waals surface area contributed by atoms with Crippen LogP contribution in [0.2, 0.25) is 5.02 Å². The van der Waals surface area contributed by atoms with Crippen LogP contribution >= 0.6 is 27.5 Å². The van der Waals surface area contributed by atoms with E-state index in [1.807, 2.05) is 31.2 Å². The highest BCUT2D eigenvalue weighted by Crippen LogP contribution is 2.32. The van der Waals surface area contributed by atoms with Crippen molar-refractivity contribution in [3.63, 3.8) is 0 Å². The number of hydrogen-bond acceptors (Lipinski definition) is 3. The predicted molar refractivity (Wildman–Crippen MR) is 117 cm³/mol. The minimum Gasteiger partial charge on any atom is -0.322 e. The molecule has 6 nitrogen and oxygen atoms in total. The van der Waals surface area contributed by atoms with Crippen molar-refractivity contribution in [1.29, 1.82) is 0 Å². The van der Waals surface area contributed by atoms with Crippen molar-refractivity contribution in [1.82, 2.24) is 9.78 Å². The first-order valence-corrected chi connectivity index (χ1v) is 10.3. The van der Waals surface area contributed by atoms with E-state index in [0.717, 1.165) is 22.3 Å². The number of carbonyl (C=O) groups is 2. The van der Waals surface area contributed by atoms with Gasteiger partial charge in [0.1, 0.15) is 0 Å². The van der Waals surface area contributed by atoms with Crippen molar-refractivity contribution < 1.29 is 9.59 Å². The molecule has 0 bridgehead atoms. The third-order valence-corrected chi connectivity index (χ3v) is 5.73. The highest BCUT2D eigenvalue weighted by atomic mass is 79.9. The van der Waals surface area contributed by atoms with Crippen LogP contribution in [0.15, 0.2) is 53.1 Å². The van der Waals surface area contributed by atoms with Crippen molar-refractivity contribution in [2.45, 2.75) is 19.8 Å². The fourth-order valence-corrected chi connectivity index (χ4v) is 3.93. The Bertz CT molecular complexity index is 1090. The quantitative estimate of drug-likeness (QED) is 0.581. The number of aromatic nitrogens is 2. The lowest BCUT2D eigenvalue weighted by molar-refractivity contribution is -0.117. The Kier molecular flexibility index (Phi) is 5.43. The molecule has 1 aromatic heterocycles. The topological polar surface area (TPSA) is 67.2 Å². The minimum absolute atomic E-state index is 0.0691. The van der Waals surface area contributed by atoms with Crippen LogP contribution in [0.5, 0.6) is 0 Å². The molecule has 1 fully saturated rings. The van der Waals surface area contributed by atoms with Gasteiger partial charge in [-0.05, 0) is 55.8 Å². The second-order valence-electron chi connectivity index (χ2n) is 6.80. The van der Waals surface area contributed by atoms with Gasteiger partial charge in [0.25, 0.3) is 5.91 Å². The van der Waals surface area contributed by atoms with Crippen molar-refractivity contribution >= 4 is 50.7 Å². The first kappa shape index (κ1) is 19.7. The number of anilines is 2. The van der Waals surface area contributed by atoms with Crippen LogP contribution in [0.3, 0.4) is 0 Å². The normalized spacial score (nSPS) is 13.8. The summed E-state index contributed by atoms with van der Waals surface area (Å²) in [5, 5.41) is 7.63. The second-order valence-corrected chi connectivity index (χ2v) is 8.12.